The molecule has 2 amide bonds. The minimum atomic E-state index is -1.69. The molecule has 6 nitrogen and oxygen atoms in total. The van der Waals surface area contributed by atoms with Crippen LogP contribution in [0, 0.1) is 17.5 Å². The van der Waals surface area contributed by atoms with Crippen molar-refractivity contribution in [1.82, 2.24) is 5.32 Å². The van der Waals surface area contributed by atoms with Crippen molar-refractivity contribution in [3.8, 4) is 5.75 Å². The predicted molar refractivity (Wildman–Crippen MR) is 94.0 cm³/mol. The maximum atomic E-state index is 13.5. The summed E-state index contributed by atoms with van der Waals surface area (Å²) >= 11 is 0. The first kappa shape index (κ1) is 20.1. The highest BCUT2D eigenvalue weighted by molar-refractivity contribution is 5.95. The first-order valence-electron chi connectivity index (χ1n) is 7.94. The van der Waals surface area contributed by atoms with E-state index in [4.69, 9.17) is 4.74 Å². The lowest BCUT2D eigenvalue weighted by Crippen LogP contribution is -2.41. The monoisotopic (exact) mass is 381 g/mol. The molecule has 0 fully saturated rings. The highest BCUT2D eigenvalue weighted by Gasteiger charge is 2.18. The minimum Gasteiger partial charge on any atom is -0.495 e. The maximum Gasteiger partial charge on any atom is 0.243 e. The maximum absolute atomic E-state index is 13.5. The molecule has 2 aromatic carbocycles. The van der Waals surface area contributed by atoms with Crippen molar-refractivity contribution in [2.24, 2.45) is 0 Å². The number of hydrogen-bond acceptors (Lipinski definition) is 4. The number of benzene rings is 2. The molecule has 0 radical (unpaired) electrons. The topological polar surface area (TPSA) is 79.5 Å². The average Bonchev–Trinajstić information content (AvgIpc) is 2.67. The molecule has 0 aromatic heterocycles. The molecular formula is C18H18F3N3O3. The molecule has 0 aliphatic carbocycles. The molecule has 3 N–H and O–H groups in total. The van der Waals surface area contributed by atoms with Gasteiger partial charge in [0.1, 0.15) is 11.8 Å². The zero-order chi connectivity index (χ0) is 20.0. The Morgan fingerprint density at radius 2 is 1.74 bits per heavy atom. The van der Waals surface area contributed by atoms with Gasteiger partial charge < -0.3 is 20.7 Å². The smallest absolute Gasteiger partial charge is 0.243 e. The lowest BCUT2D eigenvalue weighted by molar-refractivity contribution is -0.124. The van der Waals surface area contributed by atoms with Gasteiger partial charge >= 0.3 is 0 Å². The molecule has 2 rings (SSSR count). The van der Waals surface area contributed by atoms with E-state index in [1.54, 1.807) is 31.2 Å². The van der Waals surface area contributed by atoms with Gasteiger partial charge in [-0.05, 0) is 31.2 Å². The van der Waals surface area contributed by atoms with E-state index in [0.717, 1.165) is 6.07 Å². The van der Waals surface area contributed by atoms with E-state index in [-0.39, 0.29) is 0 Å². The lowest BCUT2D eigenvalue weighted by atomic mass is 10.2. The van der Waals surface area contributed by atoms with Crippen molar-refractivity contribution >= 4 is 23.2 Å². The van der Waals surface area contributed by atoms with Crippen LogP contribution < -0.4 is 20.7 Å². The second-order valence-corrected chi connectivity index (χ2v) is 5.56. The van der Waals surface area contributed by atoms with Gasteiger partial charge in [0.15, 0.2) is 17.5 Å². The number of nitrogens with one attached hydrogen (secondary N) is 3. The van der Waals surface area contributed by atoms with Crippen LogP contribution in [0.15, 0.2) is 36.4 Å². The van der Waals surface area contributed by atoms with Crippen molar-refractivity contribution in [2.75, 3.05) is 24.3 Å². The molecule has 0 bridgehead atoms. The third-order valence-corrected chi connectivity index (χ3v) is 3.60. The number of para-hydroxylation sites is 2. The van der Waals surface area contributed by atoms with E-state index < -0.39 is 47.5 Å². The van der Waals surface area contributed by atoms with Crippen LogP contribution >= 0.6 is 0 Å². The summed E-state index contributed by atoms with van der Waals surface area (Å²) in [6.45, 7) is 1.10. The van der Waals surface area contributed by atoms with Gasteiger partial charge in [0.05, 0.1) is 25.0 Å². The summed E-state index contributed by atoms with van der Waals surface area (Å²) in [5.41, 5.74) is 0.0734. The molecule has 0 saturated carbocycles. The molecule has 0 spiro atoms. The van der Waals surface area contributed by atoms with Gasteiger partial charge in [-0.2, -0.15) is 0 Å². The normalized spacial score (nSPS) is 11.4. The molecule has 0 aliphatic rings. The summed E-state index contributed by atoms with van der Waals surface area (Å²) in [6, 6.07) is 7.85. The number of carbonyl (C=O) groups is 2. The van der Waals surface area contributed by atoms with Crippen molar-refractivity contribution in [2.45, 2.75) is 13.0 Å². The van der Waals surface area contributed by atoms with Gasteiger partial charge in [-0.3, -0.25) is 9.59 Å². The van der Waals surface area contributed by atoms with Gasteiger partial charge in [0, 0.05) is 0 Å². The molecular weight excluding hydrogens is 363 g/mol. The van der Waals surface area contributed by atoms with Crippen molar-refractivity contribution < 1.29 is 27.5 Å². The number of ether oxygens (including phenoxy) is 1. The van der Waals surface area contributed by atoms with E-state index in [2.05, 4.69) is 16.0 Å². The largest absolute Gasteiger partial charge is 0.495 e. The van der Waals surface area contributed by atoms with Crippen LogP contribution in [-0.2, 0) is 9.59 Å². The van der Waals surface area contributed by atoms with E-state index in [9.17, 15) is 22.8 Å². The lowest BCUT2D eigenvalue weighted by Gasteiger charge is -2.17. The summed E-state index contributed by atoms with van der Waals surface area (Å²) in [5, 5.41) is 7.36. The fourth-order valence-corrected chi connectivity index (χ4v) is 2.20. The van der Waals surface area contributed by atoms with Gasteiger partial charge in [0.25, 0.3) is 0 Å². The van der Waals surface area contributed by atoms with Crippen LogP contribution in [0.25, 0.3) is 0 Å². The van der Waals surface area contributed by atoms with E-state index >= 15 is 0 Å². The Morgan fingerprint density at radius 3 is 2.44 bits per heavy atom. The summed E-state index contributed by atoms with van der Waals surface area (Å²) in [4.78, 5) is 23.9. The molecule has 0 unspecified atom stereocenters. The van der Waals surface area contributed by atoms with Gasteiger partial charge in [0.2, 0.25) is 11.8 Å². The van der Waals surface area contributed by atoms with Crippen LogP contribution in [0.3, 0.4) is 0 Å². The average molecular weight is 381 g/mol. The highest BCUT2D eigenvalue weighted by atomic mass is 19.2. The van der Waals surface area contributed by atoms with Gasteiger partial charge in [-0.1, -0.05) is 12.1 Å². The summed E-state index contributed by atoms with van der Waals surface area (Å²) < 4.78 is 44.7. The van der Waals surface area contributed by atoms with Gasteiger partial charge in [-0.25, -0.2) is 13.2 Å². The molecule has 0 aliphatic heterocycles. The number of carbonyl (C=O) groups excluding carboxylic acids is 2. The number of methoxy groups -OCH3 is 1. The number of rotatable bonds is 7. The highest BCUT2D eigenvalue weighted by Crippen LogP contribution is 2.23. The molecule has 0 saturated heterocycles. The third-order valence-electron chi connectivity index (χ3n) is 3.60. The fraction of sp³-hybridized carbons (Fsp3) is 0.222. The molecule has 2 aromatic rings. The second-order valence-electron chi connectivity index (χ2n) is 5.56. The SMILES string of the molecule is COc1ccccc1N[C@H](C)C(=O)NCC(=O)Nc1ccc(F)c(F)c1F. The third kappa shape index (κ3) is 5.13. The first-order chi connectivity index (χ1) is 12.8. The molecule has 27 heavy (non-hydrogen) atoms. The van der Waals surface area contributed by atoms with Crippen molar-refractivity contribution in [3.63, 3.8) is 0 Å². The molecule has 1 atom stereocenters. The van der Waals surface area contributed by atoms with Crippen LogP contribution in [0.1, 0.15) is 6.92 Å². The van der Waals surface area contributed by atoms with E-state index in [1.165, 1.54) is 7.11 Å². The minimum absolute atomic E-state index is 0.477. The summed E-state index contributed by atoms with van der Waals surface area (Å²) in [5.74, 6) is -5.31. The Balaban J connectivity index is 1.89. The Kier molecular flexibility index (Phi) is 6.64. The zero-order valence-corrected chi connectivity index (χ0v) is 14.6. The first-order valence-corrected chi connectivity index (χ1v) is 7.94. The summed E-state index contributed by atoms with van der Waals surface area (Å²) in [7, 11) is 1.49. The number of halogens is 3. The van der Waals surface area contributed by atoms with E-state index in [0.29, 0.717) is 17.5 Å². The van der Waals surface area contributed by atoms with Gasteiger partial charge in [-0.15, -0.1) is 0 Å². The van der Waals surface area contributed by atoms with E-state index in [1.807, 2.05) is 0 Å². The van der Waals surface area contributed by atoms with Crippen LogP contribution in [-0.4, -0.2) is 31.5 Å². The van der Waals surface area contributed by atoms with Crippen LogP contribution in [0.5, 0.6) is 5.75 Å². The Hall–Kier alpha value is -3.23. The zero-order valence-electron chi connectivity index (χ0n) is 14.6. The Morgan fingerprint density at radius 1 is 1.04 bits per heavy atom. The number of hydrogen-bond donors (Lipinski definition) is 3. The van der Waals surface area contributed by atoms with Crippen LogP contribution in [0.4, 0.5) is 24.5 Å². The quantitative estimate of drug-likeness (QED) is 0.645. The Bertz CT molecular complexity index is 846. The number of anilines is 2. The summed E-state index contributed by atoms with van der Waals surface area (Å²) in [6.07, 6.45) is 0. The molecule has 144 valence electrons. The van der Waals surface area contributed by atoms with Crippen LogP contribution in [0.2, 0.25) is 0 Å². The van der Waals surface area contributed by atoms with Crippen molar-refractivity contribution in [1.29, 1.82) is 0 Å². The number of amides is 2. The predicted octanol–water partition coefficient (Wildman–Crippen LogP) is 2.67. The van der Waals surface area contributed by atoms with Crippen molar-refractivity contribution in [3.05, 3.63) is 53.8 Å². The molecule has 9 heteroatoms. The fourth-order valence-electron chi connectivity index (χ4n) is 2.20. The Labute approximate surface area is 153 Å². The molecule has 0 heterocycles. The second kappa shape index (κ2) is 8.93. The standard InChI is InChI=1S/C18H18F3N3O3/c1-10(23-12-5-3-4-6-14(12)27-2)18(26)22-9-15(25)24-13-8-7-11(19)16(20)17(13)21/h3-8,10,23H,9H2,1-2H3,(H,22,26)(H,24,25)/t10-/m1/s1.